The Morgan fingerprint density at radius 3 is 2.33 bits per heavy atom. The fraction of sp³-hybridized carbons (Fsp3) is 0.300. The van der Waals surface area contributed by atoms with Crippen molar-refractivity contribution < 1.29 is 9.18 Å². The number of carbonyl (C=O) groups is 1. The van der Waals surface area contributed by atoms with Gasteiger partial charge in [-0.1, -0.05) is 0 Å². The lowest BCUT2D eigenvalue weighted by Crippen LogP contribution is -1.98. The second-order valence-electron chi connectivity index (χ2n) is 2.97. The van der Waals surface area contributed by atoms with Gasteiger partial charge in [-0.05, 0) is 44.0 Å². The Morgan fingerprint density at radius 1 is 1.25 bits per heavy atom. The molecule has 0 amide bonds. The molecular formula is C10H11FO. The normalized spacial score (nSPS) is 10.0. The number of carbonyl (C=O) groups excluding carboxylic acids is 1. The summed E-state index contributed by atoms with van der Waals surface area (Å²) in [5.41, 5.74) is 1.82. The SMILES string of the molecule is CC(=O)c1cc(C)c(F)cc1C. The molecule has 0 aliphatic carbocycles. The molecule has 1 aromatic carbocycles. The van der Waals surface area contributed by atoms with E-state index in [0.29, 0.717) is 16.7 Å². The maximum atomic E-state index is 12.9. The standard InChI is InChI=1S/C10H11FO/c1-6-5-10(11)7(2)4-9(6)8(3)12/h4-5H,1-3H3. The highest BCUT2D eigenvalue weighted by molar-refractivity contribution is 5.95. The summed E-state index contributed by atoms with van der Waals surface area (Å²) in [5, 5.41) is 0. The van der Waals surface area contributed by atoms with Crippen LogP contribution >= 0.6 is 0 Å². The summed E-state index contributed by atoms with van der Waals surface area (Å²) in [6.07, 6.45) is 0. The second kappa shape index (κ2) is 3.05. The van der Waals surface area contributed by atoms with Crippen molar-refractivity contribution >= 4 is 5.78 Å². The van der Waals surface area contributed by atoms with Crippen LogP contribution in [0.2, 0.25) is 0 Å². The van der Waals surface area contributed by atoms with Crippen LogP contribution < -0.4 is 0 Å². The summed E-state index contributed by atoms with van der Waals surface area (Å²) in [6, 6.07) is 2.99. The molecule has 0 heterocycles. The molecule has 0 fully saturated rings. The molecule has 0 N–H and O–H groups in total. The van der Waals surface area contributed by atoms with Crippen molar-refractivity contribution in [3.63, 3.8) is 0 Å². The van der Waals surface area contributed by atoms with E-state index in [0.717, 1.165) is 0 Å². The van der Waals surface area contributed by atoms with Crippen LogP contribution in [0.1, 0.15) is 28.4 Å². The topological polar surface area (TPSA) is 17.1 Å². The summed E-state index contributed by atoms with van der Waals surface area (Å²) in [5.74, 6) is -0.270. The van der Waals surface area contributed by atoms with Crippen LogP contribution in [-0.2, 0) is 0 Å². The van der Waals surface area contributed by atoms with Gasteiger partial charge in [0.15, 0.2) is 5.78 Å². The molecule has 0 saturated carbocycles. The molecule has 1 aromatic rings. The van der Waals surface area contributed by atoms with Crippen LogP contribution in [0.3, 0.4) is 0 Å². The van der Waals surface area contributed by atoms with Gasteiger partial charge in [-0.15, -0.1) is 0 Å². The molecule has 0 radical (unpaired) electrons. The number of hydrogen-bond acceptors (Lipinski definition) is 1. The summed E-state index contributed by atoms with van der Waals surface area (Å²) in [4.78, 5) is 11.0. The van der Waals surface area contributed by atoms with Crippen molar-refractivity contribution in [2.75, 3.05) is 0 Å². The van der Waals surface area contributed by atoms with Gasteiger partial charge in [0.25, 0.3) is 0 Å². The van der Waals surface area contributed by atoms with E-state index in [9.17, 15) is 9.18 Å². The minimum atomic E-state index is -0.252. The molecule has 0 atom stereocenters. The summed E-state index contributed by atoms with van der Waals surface area (Å²) in [6.45, 7) is 4.88. The molecule has 1 rings (SSSR count). The Kier molecular flexibility index (Phi) is 2.27. The number of aryl methyl sites for hydroxylation is 2. The molecule has 0 unspecified atom stereocenters. The zero-order valence-corrected chi connectivity index (χ0v) is 7.44. The first-order valence-electron chi connectivity index (χ1n) is 3.80. The Balaban J connectivity index is 3.33. The molecule has 0 bridgehead atoms. The number of rotatable bonds is 1. The van der Waals surface area contributed by atoms with Crippen LogP contribution in [0.5, 0.6) is 0 Å². The van der Waals surface area contributed by atoms with Crippen molar-refractivity contribution in [3.05, 3.63) is 34.6 Å². The van der Waals surface area contributed by atoms with Crippen LogP contribution in [0.25, 0.3) is 0 Å². The van der Waals surface area contributed by atoms with Gasteiger partial charge in [-0.2, -0.15) is 0 Å². The fourth-order valence-electron chi connectivity index (χ4n) is 1.16. The number of benzene rings is 1. The van der Waals surface area contributed by atoms with Gasteiger partial charge in [-0.25, -0.2) is 4.39 Å². The maximum Gasteiger partial charge on any atom is 0.160 e. The maximum absolute atomic E-state index is 12.9. The number of ketones is 1. The highest BCUT2D eigenvalue weighted by Crippen LogP contribution is 2.14. The third kappa shape index (κ3) is 1.52. The predicted octanol–water partition coefficient (Wildman–Crippen LogP) is 2.65. The highest BCUT2D eigenvalue weighted by atomic mass is 19.1. The molecule has 0 spiro atoms. The van der Waals surface area contributed by atoms with Crippen molar-refractivity contribution in [2.45, 2.75) is 20.8 Å². The zero-order valence-electron chi connectivity index (χ0n) is 7.44. The molecule has 0 aliphatic heterocycles. The minimum Gasteiger partial charge on any atom is -0.295 e. The molecule has 0 aromatic heterocycles. The van der Waals surface area contributed by atoms with Gasteiger partial charge in [0.2, 0.25) is 0 Å². The third-order valence-corrected chi connectivity index (χ3v) is 1.88. The van der Waals surface area contributed by atoms with Gasteiger partial charge in [-0.3, -0.25) is 4.79 Å². The minimum absolute atomic E-state index is 0.0180. The van der Waals surface area contributed by atoms with Gasteiger partial charge < -0.3 is 0 Å². The largest absolute Gasteiger partial charge is 0.295 e. The van der Waals surface area contributed by atoms with Gasteiger partial charge >= 0.3 is 0 Å². The first-order chi connectivity index (χ1) is 5.52. The monoisotopic (exact) mass is 166 g/mol. The number of Topliss-reactive ketones (excluding diaryl/α,β-unsaturated/α-hetero) is 1. The van der Waals surface area contributed by atoms with E-state index in [1.54, 1.807) is 19.9 Å². The third-order valence-electron chi connectivity index (χ3n) is 1.88. The van der Waals surface area contributed by atoms with E-state index in [-0.39, 0.29) is 11.6 Å². The van der Waals surface area contributed by atoms with Crippen molar-refractivity contribution in [3.8, 4) is 0 Å². The molecule has 12 heavy (non-hydrogen) atoms. The highest BCUT2D eigenvalue weighted by Gasteiger charge is 2.06. The lowest BCUT2D eigenvalue weighted by atomic mass is 10.0. The van der Waals surface area contributed by atoms with E-state index in [2.05, 4.69) is 0 Å². The lowest BCUT2D eigenvalue weighted by molar-refractivity contribution is 0.101. The van der Waals surface area contributed by atoms with Crippen molar-refractivity contribution in [1.82, 2.24) is 0 Å². The smallest absolute Gasteiger partial charge is 0.160 e. The molecule has 64 valence electrons. The first-order valence-corrected chi connectivity index (χ1v) is 3.80. The second-order valence-corrected chi connectivity index (χ2v) is 2.97. The first kappa shape index (κ1) is 8.91. The number of hydrogen-bond donors (Lipinski definition) is 0. The quantitative estimate of drug-likeness (QED) is 0.586. The van der Waals surface area contributed by atoms with E-state index in [1.807, 2.05) is 0 Å². The lowest BCUT2D eigenvalue weighted by Gasteiger charge is -2.03. The van der Waals surface area contributed by atoms with E-state index in [1.165, 1.54) is 13.0 Å². The summed E-state index contributed by atoms with van der Waals surface area (Å²) >= 11 is 0. The Hall–Kier alpha value is -1.18. The molecule has 2 heteroatoms. The van der Waals surface area contributed by atoms with Crippen molar-refractivity contribution in [1.29, 1.82) is 0 Å². The predicted molar refractivity (Wildman–Crippen MR) is 45.9 cm³/mol. The average molecular weight is 166 g/mol. The van der Waals surface area contributed by atoms with Gasteiger partial charge in [0.05, 0.1) is 0 Å². The Bertz CT molecular complexity index is 329. The van der Waals surface area contributed by atoms with Crippen LogP contribution in [0, 0.1) is 19.7 Å². The van der Waals surface area contributed by atoms with Crippen LogP contribution in [0.15, 0.2) is 12.1 Å². The Labute approximate surface area is 71.2 Å². The molecule has 0 aliphatic rings. The zero-order chi connectivity index (χ0) is 9.30. The van der Waals surface area contributed by atoms with E-state index in [4.69, 9.17) is 0 Å². The van der Waals surface area contributed by atoms with Gasteiger partial charge in [0, 0.05) is 5.56 Å². The van der Waals surface area contributed by atoms with Gasteiger partial charge in [0.1, 0.15) is 5.82 Å². The molecule has 0 saturated heterocycles. The summed E-state index contributed by atoms with van der Waals surface area (Å²) < 4.78 is 12.9. The molecular weight excluding hydrogens is 155 g/mol. The average Bonchev–Trinajstić information content (AvgIpc) is 1.96. The Morgan fingerprint density at radius 2 is 1.83 bits per heavy atom. The molecule has 1 nitrogen and oxygen atoms in total. The van der Waals surface area contributed by atoms with E-state index >= 15 is 0 Å². The van der Waals surface area contributed by atoms with E-state index < -0.39 is 0 Å². The van der Waals surface area contributed by atoms with Crippen LogP contribution in [-0.4, -0.2) is 5.78 Å². The number of halogens is 1. The van der Waals surface area contributed by atoms with Crippen molar-refractivity contribution in [2.24, 2.45) is 0 Å². The summed E-state index contributed by atoms with van der Waals surface area (Å²) in [7, 11) is 0. The van der Waals surface area contributed by atoms with Crippen LogP contribution in [0.4, 0.5) is 4.39 Å². The fourth-order valence-corrected chi connectivity index (χ4v) is 1.16.